The summed E-state index contributed by atoms with van der Waals surface area (Å²) in [6.07, 6.45) is 0. The number of furan rings is 1. The largest absolute Gasteiger partial charge is 0.453 e. The summed E-state index contributed by atoms with van der Waals surface area (Å²) in [7, 11) is 0. The first kappa shape index (κ1) is 13.2. The molecular weight excluding hydrogens is 244 g/mol. The van der Waals surface area contributed by atoms with Crippen LogP contribution in [0.2, 0.25) is 0 Å². The Hall–Kier alpha value is -1.22. The highest BCUT2D eigenvalue weighted by Crippen LogP contribution is 2.23. The molecule has 18 heavy (non-hydrogen) atoms. The number of hydrogen-bond acceptors (Lipinski definition) is 3. The van der Waals surface area contributed by atoms with Gasteiger partial charge in [0.05, 0.1) is 5.75 Å². The number of Topliss-reactive ketones (excluding diaryl/α,β-unsaturated/α-hetero) is 1. The number of hydrogen-bond donors (Lipinski definition) is 0. The first-order valence-corrected chi connectivity index (χ1v) is 7.26. The maximum atomic E-state index is 12.0. The molecule has 2 rings (SSSR count). The van der Waals surface area contributed by atoms with Gasteiger partial charge in [0.1, 0.15) is 5.58 Å². The second-order valence-corrected chi connectivity index (χ2v) is 6.20. The van der Waals surface area contributed by atoms with Gasteiger partial charge >= 0.3 is 0 Å². The monoisotopic (exact) mass is 262 g/mol. The molecule has 3 heteroatoms. The van der Waals surface area contributed by atoms with Crippen molar-refractivity contribution in [2.45, 2.75) is 26.0 Å². The number of carbonyl (C=O) groups is 1. The van der Waals surface area contributed by atoms with Gasteiger partial charge in [0, 0.05) is 10.6 Å². The average Bonchev–Trinajstić information content (AvgIpc) is 2.79. The van der Waals surface area contributed by atoms with Crippen LogP contribution in [0.25, 0.3) is 11.0 Å². The summed E-state index contributed by atoms with van der Waals surface area (Å²) in [4.78, 5) is 12.0. The fourth-order valence-corrected chi connectivity index (χ4v) is 2.53. The Morgan fingerprint density at radius 3 is 2.67 bits per heavy atom. The lowest BCUT2D eigenvalue weighted by molar-refractivity contribution is 0.0994. The molecule has 0 spiro atoms. The van der Waals surface area contributed by atoms with Gasteiger partial charge in [0.2, 0.25) is 5.78 Å². The minimum atomic E-state index is 0.0729. The minimum absolute atomic E-state index is 0.0729. The zero-order valence-electron chi connectivity index (χ0n) is 11.0. The van der Waals surface area contributed by atoms with Crippen LogP contribution >= 0.6 is 11.8 Å². The van der Waals surface area contributed by atoms with Gasteiger partial charge in [-0.1, -0.05) is 39.0 Å². The van der Waals surface area contributed by atoms with Crippen molar-refractivity contribution in [1.29, 1.82) is 0 Å². The van der Waals surface area contributed by atoms with E-state index in [1.54, 1.807) is 11.8 Å². The lowest BCUT2D eigenvalue weighted by atomic mass is 10.2. The highest BCUT2D eigenvalue weighted by Gasteiger charge is 2.15. The Labute approximate surface area is 112 Å². The first-order valence-electron chi connectivity index (χ1n) is 6.21. The predicted molar refractivity (Wildman–Crippen MR) is 77.3 cm³/mol. The molecule has 0 saturated heterocycles. The number of carbonyl (C=O) groups excluding carboxylic acids is 1. The molecular formula is C15H18O2S. The highest BCUT2D eigenvalue weighted by atomic mass is 32.2. The van der Waals surface area contributed by atoms with Crippen LogP contribution in [0.15, 0.2) is 34.7 Å². The van der Waals surface area contributed by atoms with E-state index >= 15 is 0 Å². The van der Waals surface area contributed by atoms with Crippen LogP contribution in [0.4, 0.5) is 0 Å². The molecule has 0 amide bonds. The van der Waals surface area contributed by atoms with Crippen LogP contribution in [0.5, 0.6) is 0 Å². The molecule has 0 N–H and O–H groups in total. The van der Waals surface area contributed by atoms with Crippen LogP contribution in [-0.4, -0.2) is 16.8 Å². The van der Waals surface area contributed by atoms with E-state index in [9.17, 15) is 4.79 Å². The summed E-state index contributed by atoms with van der Waals surface area (Å²) in [6.45, 7) is 6.49. The van der Waals surface area contributed by atoms with E-state index in [1.165, 1.54) is 0 Å². The zero-order valence-corrected chi connectivity index (χ0v) is 11.8. The van der Waals surface area contributed by atoms with Gasteiger partial charge in [0.15, 0.2) is 5.76 Å². The SMILES string of the molecule is CC(C)C(C)SCC(=O)c1cc2ccccc2o1. The smallest absolute Gasteiger partial charge is 0.207 e. The summed E-state index contributed by atoms with van der Waals surface area (Å²) >= 11 is 1.69. The Bertz CT molecular complexity index is 509. The van der Waals surface area contributed by atoms with Gasteiger partial charge in [-0.2, -0.15) is 11.8 Å². The fraction of sp³-hybridized carbons (Fsp3) is 0.400. The van der Waals surface area contributed by atoms with Crippen molar-refractivity contribution in [2.24, 2.45) is 5.92 Å². The normalized spacial score (nSPS) is 13.1. The van der Waals surface area contributed by atoms with E-state index in [1.807, 2.05) is 30.3 Å². The molecule has 96 valence electrons. The third-order valence-corrected chi connectivity index (χ3v) is 4.62. The van der Waals surface area contributed by atoms with Gasteiger partial charge in [-0.25, -0.2) is 0 Å². The third-order valence-electron chi connectivity index (χ3n) is 3.12. The van der Waals surface area contributed by atoms with Crippen LogP contribution in [0, 0.1) is 5.92 Å². The van der Waals surface area contributed by atoms with Crippen LogP contribution in [0.3, 0.4) is 0 Å². The summed E-state index contributed by atoms with van der Waals surface area (Å²) in [5.74, 6) is 1.61. The van der Waals surface area contributed by atoms with Gasteiger partial charge < -0.3 is 4.42 Å². The molecule has 2 aromatic rings. The molecule has 0 fully saturated rings. The standard InChI is InChI=1S/C15H18O2S/c1-10(2)11(3)18-9-13(16)15-8-12-6-4-5-7-14(12)17-15/h4-8,10-11H,9H2,1-3H3. The number of rotatable bonds is 5. The predicted octanol–water partition coefficient (Wildman–Crippen LogP) is 4.39. The van der Waals surface area contributed by atoms with Crippen molar-refractivity contribution in [3.63, 3.8) is 0 Å². The number of fused-ring (bicyclic) bond motifs is 1. The number of ketones is 1. The summed E-state index contributed by atoms with van der Waals surface area (Å²) in [5.41, 5.74) is 0.780. The molecule has 2 nitrogen and oxygen atoms in total. The topological polar surface area (TPSA) is 30.2 Å². The average molecular weight is 262 g/mol. The Balaban J connectivity index is 2.05. The van der Waals surface area contributed by atoms with E-state index in [-0.39, 0.29) is 5.78 Å². The number of thioether (sulfide) groups is 1. The minimum Gasteiger partial charge on any atom is -0.453 e. The van der Waals surface area contributed by atoms with E-state index in [4.69, 9.17) is 4.42 Å². The Kier molecular flexibility index (Phi) is 4.12. The van der Waals surface area contributed by atoms with Crippen LogP contribution < -0.4 is 0 Å². The highest BCUT2D eigenvalue weighted by molar-refractivity contribution is 8.00. The fourth-order valence-electron chi connectivity index (χ4n) is 1.59. The molecule has 1 aromatic carbocycles. The maximum Gasteiger partial charge on any atom is 0.207 e. The van der Waals surface area contributed by atoms with E-state index in [0.717, 1.165) is 11.0 Å². The second-order valence-electron chi connectivity index (χ2n) is 4.83. The van der Waals surface area contributed by atoms with E-state index < -0.39 is 0 Å². The van der Waals surface area contributed by atoms with Gasteiger partial charge in [-0.05, 0) is 18.1 Å². The van der Waals surface area contributed by atoms with Crippen molar-refractivity contribution < 1.29 is 9.21 Å². The van der Waals surface area contributed by atoms with E-state index in [0.29, 0.717) is 22.7 Å². The maximum absolute atomic E-state index is 12.0. The molecule has 0 aliphatic carbocycles. The lowest BCUT2D eigenvalue weighted by Gasteiger charge is -2.13. The van der Waals surface area contributed by atoms with Gasteiger partial charge in [-0.15, -0.1) is 0 Å². The Morgan fingerprint density at radius 1 is 1.28 bits per heavy atom. The van der Waals surface area contributed by atoms with Crippen LogP contribution in [0.1, 0.15) is 31.3 Å². The molecule has 0 bridgehead atoms. The third kappa shape index (κ3) is 2.96. The molecule has 1 unspecified atom stereocenters. The zero-order chi connectivity index (χ0) is 13.1. The lowest BCUT2D eigenvalue weighted by Crippen LogP contribution is -2.10. The molecule has 0 aliphatic heterocycles. The second kappa shape index (κ2) is 5.61. The molecule has 1 atom stereocenters. The molecule has 0 saturated carbocycles. The van der Waals surface area contributed by atoms with Crippen LogP contribution in [-0.2, 0) is 0 Å². The van der Waals surface area contributed by atoms with Crippen molar-refractivity contribution >= 4 is 28.5 Å². The number of benzene rings is 1. The summed E-state index contributed by atoms with van der Waals surface area (Å²) in [5, 5.41) is 1.47. The van der Waals surface area contributed by atoms with Gasteiger partial charge in [-0.3, -0.25) is 4.79 Å². The Morgan fingerprint density at radius 2 is 2.00 bits per heavy atom. The number of para-hydroxylation sites is 1. The van der Waals surface area contributed by atoms with E-state index in [2.05, 4.69) is 20.8 Å². The summed E-state index contributed by atoms with van der Waals surface area (Å²) < 4.78 is 5.56. The quantitative estimate of drug-likeness (QED) is 0.748. The van der Waals surface area contributed by atoms with Crippen molar-refractivity contribution in [3.8, 4) is 0 Å². The first-order chi connectivity index (χ1) is 8.58. The van der Waals surface area contributed by atoms with Crippen molar-refractivity contribution in [3.05, 3.63) is 36.1 Å². The molecule has 1 aromatic heterocycles. The van der Waals surface area contributed by atoms with Crippen molar-refractivity contribution in [2.75, 3.05) is 5.75 Å². The summed E-state index contributed by atoms with van der Waals surface area (Å²) in [6, 6.07) is 9.53. The molecule has 0 aliphatic rings. The van der Waals surface area contributed by atoms with Gasteiger partial charge in [0.25, 0.3) is 0 Å². The molecule has 1 heterocycles. The van der Waals surface area contributed by atoms with Crippen molar-refractivity contribution in [1.82, 2.24) is 0 Å². The molecule has 0 radical (unpaired) electrons.